The van der Waals surface area contributed by atoms with E-state index in [1.807, 2.05) is 29.1 Å². The summed E-state index contributed by atoms with van der Waals surface area (Å²) in [6.45, 7) is 12.2. The van der Waals surface area contributed by atoms with Crippen molar-refractivity contribution in [3.8, 4) is 11.3 Å². The molecule has 1 saturated heterocycles. The van der Waals surface area contributed by atoms with Crippen LogP contribution in [-0.2, 0) is 9.47 Å². The number of aromatic nitrogens is 4. The Morgan fingerprint density at radius 1 is 1.00 bits per heavy atom. The van der Waals surface area contributed by atoms with Gasteiger partial charge in [0.1, 0.15) is 11.2 Å². The summed E-state index contributed by atoms with van der Waals surface area (Å²) in [5, 5.41) is 14.7. The van der Waals surface area contributed by atoms with Crippen LogP contribution in [0, 0.1) is 5.92 Å². The zero-order valence-corrected chi connectivity index (χ0v) is 25.9. The van der Waals surface area contributed by atoms with Crippen molar-refractivity contribution in [1.82, 2.24) is 24.6 Å². The second-order valence-electron chi connectivity index (χ2n) is 14.2. The van der Waals surface area contributed by atoms with Crippen molar-refractivity contribution in [3.05, 3.63) is 36.3 Å². The first kappa shape index (κ1) is 29.3. The lowest BCUT2D eigenvalue weighted by Gasteiger charge is -2.38. The minimum atomic E-state index is -0.726. The molecule has 3 heterocycles. The number of aliphatic hydroxyl groups is 1. The summed E-state index contributed by atoms with van der Waals surface area (Å²) in [4.78, 5) is 38.8. The Labute approximate surface area is 252 Å². The molecule has 2 saturated carbocycles. The van der Waals surface area contributed by atoms with Gasteiger partial charge in [-0.1, -0.05) is 0 Å². The Morgan fingerprint density at radius 2 is 1.65 bits per heavy atom. The Morgan fingerprint density at radius 3 is 2.23 bits per heavy atom. The summed E-state index contributed by atoms with van der Waals surface area (Å²) in [6, 6.07) is 6.21. The zero-order valence-electron chi connectivity index (χ0n) is 25.9. The molecule has 3 aliphatic rings. The first-order valence-corrected chi connectivity index (χ1v) is 15.2. The molecular weight excluding hydrogens is 548 g/mol. The fourth-order valence-corrected chi connectivity index (χ4v) is 5.62. The number of fused-ring (bicyclic) bond motifs is 1. The molecule has 1 N–H and O–H groups in total. The molecule has 0 atom stereocenters. The number of imide groups is 1. The Kier molecular flexibility index (Phi) is 7.35. The van der Waals surface area contributed by atoms with E-state index in [4.69, 9.17) is 24.5 Å². The lowest BCUT2D eigenvalue weighted by atomic mass is 9.80. The lowest BCUT2D eigenvalue weighted by molar-refractivity contribution is -0.00642. The number of carbonyl (C=O) groups is 2. The van der Waals surface area contributed by atoms with E-state index in [1.54, 1.807) is 41.5 Å². The van der Waals surface area contributed by atoms with E-state index in [1.165, 1.54) is 0 Å². The summed E-state index contributed by atoms with van der Waals surface area (Å²) in [5.41, 5.74) is 4.13. The Hall–Kier alpha value is -3.73. The number of rotatable bonds is 6. The largest absolute Gasteiger partial charge is 0.443 e. The van der Waals surface area contributed by atoms with Gasteiger partial charge in [-0.05, 0) is 91.3 Å². The first-order chi connectivity index (χ1) is 20.2. The first-order valence-electron chi connectivity index (χ1n) is 15.2. The fourth-order valence-electron chi connectivity index (χ4n) is 5.62. The van der Waals surface area contributed by atoms with Crippen LogP contribution in [0.1, 0.15) is 84.9 Å². The zero-order chi connectivity index (χ0) is 30.7. The number of hydrogen-bond acceptors (Lipinski definition) is 9. The third-order valence-electron chi connectivity index (χ3n) is 8.01. The molecule has 3 fully saturated rings. The number of hydrogen-bond donors (Lipinski definition) is 1. The van der Waals surface area contributed by atoms with Crippen molar-refractivity contribution in [2.45, 2.75) is 96.5 Å². The van der Waals surface area contributed by atoms with E-state index in [9.17, 15) is 14.7 Å². The summed E-state index contributed by atoms with van der Waals surface area (Å²) in [7, 11) is 0. The summed E-state index contributed by atoms with van der Waals surface area (Å²) in [6.07, 6.45) is 6.07. The third kappa shape index (κ3) is 6.61. The molecule has 1 aromatic carbocycles. The Bertz CT molecular complexity index is 1500. The molecule has 3 aromatic rings. The minimum Gasteiger partial charge on any atom is -0.443 e. The van der Waals surface area contributed by atoms with Gasteiger partial charge in [-0.3, -0.25) is 9.67 Å². The molecule has 6 rings (SSSR count). The molecule has 2 amide bonds. The van der Waals surface area contributed by atoms with Crippen LogP contribution in [0.3, 0.4) is 0 Å². The van der Waals surface area contributed by atoms with Crippen LogP contribution >= 0.6 is 0 Å². The Balaban J connectivity index is 1.16. The number of aliphatic hydroxyl groups excluding tert-OH is 1. The number of β-amino-alcohol motifs (C(OH)–C–C–N with tert-alkyl or cyclic N) is 1. The van der Waals surface area contributed by atoms with Crippen molar-refractivity contribution in [2.75, 3.05) is 24.5 Å². The third-order valence-corrected chi connectivity index (χ3v) is 8.01. The average Bonchev–Trinajstić information content (AvgIpc) is 3.62. The number of anilines is 1. The van der Waals surface area contributed by atoms with E-state index in [0.29, 0.717) is 19.0 Å². The fraction of sp³-hybridized carbons (Fsp3) is 0.594. The number of benzene rings is 1. The standard InChI is InChI=1S/C32H42N6O5/c1-31(2,3)42-29(40)37(30(41)43-32(4,5)6)15-19-11-22(12-19)38-18-24(28(35-38)20-7-8-20)27-14-33-26-13-21(9-10-25(26)34-27)36-16-23(39)17-36/h9-10,13-14,18-20,22-23,39H,7-8,11-12,15-17H2,1-6H3/t19-,22-. The molecule has 2 aliphatic carbocycles. The maximum Gasteiger partial charge on any atom is 0.419 e. The van der Waals surface area contributed by atoms with E-state index in [0.717, 1.165) is 64.3 Å². The molecule has 11 nitrogen and oxygen atoms in total. The minimum absolute atomic E-state index is 0.115. The van der Waals surface area contributed by atoms with E-state index < -0.39 is 23.4 Å². The van der Waals surface area contributed by atoms with Gasteiger partial charge in [0.25, 0.3) is 0 Å². The van der Waals surface area contributed by atoms with Crippen molar-refractivity contribution in [2.24, 2.45) is 5.92 Å². The highest BCUT2D eigenvalue weighted by Crippen LogP contribution is 2.46. The predicted octanol–water partition coefficient (Wildman–Crippen LogP) is 5.67. The van der Waals surface area contributed by atoms with Crippen molar-refractivity contribution in [1.29, 1.82) is 0 Å². The monoisotopic (exact) mass is 590 g/mol. The smallest absolute Gasteiger partial charge is 0.419 e. The molecule has 1 aliphatic heterocycles. The number of amides is 2. The molecule has 0 unspecified atom stereocenters. The van der Waals surface area contributed by atoms with Crippen LogP contribution in [0.15, 0.2) is 30.6 Å². The molecule has 0 bridgehead atoms. The highest BCUT2D eigenvalue weighted by molar-refractivity contribution is 5.88. The molecule has 0 spiro atoms. The summed E-state index contributed by atoms with van der Waals surface area (Å²) >= 11 is 0. The van der Waals surface area contributed by atoms with Gasteiger partial charge in [-0.25, -0.2) is 19.5 Å². The van der Waals surface area contributed by atoms with Gasteiger partial charge in [0.2, 0.25) is 0 Å². The van der Waals surface area contributed by atoms with Gasteiger partial charge in [0.05, 0.1) is 40.8 Å². The average molecular weight is 591 g/mol. The molecular formula is C32H42N6O5. The second-order valence-corrected chi connectivity index (χ2v) is 14.2. The lowest BCUT2D eigenvalue weighted by Crippen LogP contribution is -2.50. The number of carbonyl (C=O) groups excluding carboxylic acids is 2. The maximum atomic E-state index is 12.9. The molecule has 11 heteroatoms. The van der Waals surface area contributed by atoms with Crippen LogP contribution in [0.5, 0.6) is 0 Å². The molecule has 2 aromatic heterocycles. The van der Waals surface area contributed by atoms with Crippen LogP contribution in [-0.4, -0.2) is 78.9 Å². The van der Waals surface area contributed by atoms with E-state index in [-0.39, 0.29) is 24.6 Å². The van der Waals surface area contributed by atoms with Crippen LogP contribution in [0.2, 0.25) is 0 Å². The number of nitrogens with zero attached hydrogens (tertiary/aromatic N) is 6. The summed E-state index contributed by atoms with van der Waals surface area (Å²) < 4.78 is 13.1. The molecule has 0 radical (unpaired) electrons. The van der Waals surface area contributed by atoms with Gasteiger partial charge >= 0.3 is 12.2 Å². The normalized spacial score (nSPS) is 20.9. The SMILES string of the molecule is CC(C)(C)OC(=O)N(C[C@H]1C[C@H](n2cc(-c3cnc4cc(N5CC(O)C5)ccc4n3)c(C3CC3)n2)C1)C(=O)OC(C)(C)C. The quantitative estimate of drug-likeness (QED) is 0.386. The molecule has 230 valence electrons. The summed E-state index contributed by atoms with van der Waals surface area (Å²) in [5.74, 6) is 0.545. The predicted molar refractivity (Wildman–Crippen MR) is 162 cm³/mol. The van der Waals surface area contributed by atoms with Crippen molar-refractivity contribution in [3.63, 3.8) is 0 Å². The highest BCUT2D eigenvalue weighted by Gasteiger charge is 2.40. The van der Waals surface area contributed by atoms with Crippen LogP contribution in [0.25, 0.3) is 22.3 Å². The van der Waals surface area contributed by atoms with Gasteiger partial charge < -0.3 is 19.5 Å². The second kappa shape index (κ2) is 10.8. The number of ether oxygens (including phenoxy) is 2. The van der Waals surface area contributed by atoms with E-state index >= 15 is 0 Å². The highest BCUT2D eigenvalue weighted by atomic mass is 16.6. The van der Waals surface area contributed by atoms with Crippen molar-refractivity contribution >= 4 is 28.9 Å². The van der Waals surface area contributed by atoms with Crippen molar-refractivity contribution < 1.29 is 24.2 Å². The van der Waals surface area contributed by atoms with Gasteiger partial charge in [-0.2, -0.15) is 5.10 Å². The maximum absolute atomic E-state index is 12.9. The van der Waals surface area contributed by atoms with E-state index in [2.05, 4.69) is 11.1 Å². The van der Waals surface area contributed by atoms with Gasteiger partial charge in [-0.15, -0.1) is 0 Å². The van der Waals surface area contributed by atoms with Gasteiger partial charge in [0, 0.05) is 43.0 Å². The van der Waals surface area contributed by atoms with Crippen LogP contribution in [0.4, 0.5) is 15.3 Å². The topological polar surface area (TPSA) is 123 Å². The molecule has 43 heavy (non-hydrogen) atoms. The van der Waals surface area contributed by atoms with Gasteiger partial charge in [0.15, 0.2) is 0 Å². The van der Waals surface area contributed by atoms with Crippen LogP contribution < -0.4 is 4.90 Å².